The summed E-state index contributed by atoms with van der Waals surface area (Å²) in [6, 6.07) is 5.08. The van der Waals surface area contributed by atoms with E-state index in [1.807, 2.05) is 0 Å². The fraction of sp³-hybridized carbons (Fsp3) is 0. The summed E-state index contributed by atoms with van der Waals surface area (Å²) in [5.41, 5.74) is 6.36. The van der Waals surface area contributed by atoms with Crippen LogP contribution in [0.5, 0.6) is 5.75 Å². The van der Waals surface area contributed by atoms with Crippen LogP contribution < -0.4 is 5.73 Å². The zero-order valence-corrected chi connectivity index (χ0v) is 7.63. The molecule has 0 spiro atoms. The molecule has 1 heterocycles. The molecule has 4 heteroatoms. The molecule has 12 heavy (non-hydrogen) atoms. The highest BCUT2D eigenvalue weighted by Crippen LogP contribution is 2.33. The Hall–Kier alpha value is -1.16. The zero-order valence-electron chi connectivity index (χ0n) is 6.04. The SMILES string of the molecule is Nc1c(O)ccc2cc(Br)oc12. The lowest BCUT2D eigenvalue weighted by Gasteiger charge is -1.96. The number of furan rings is 1. The normalized spacial score (nSPS) is 10.8. The van der Waals surface area contributed by atoms with Crippen LogP contribution >= 0.6 is 15.9 Å². The molecule has 2 rings (SSSR count). The second-order valence-electron chi connectivity index (χ2n) is 2.47. The topological polar surface area (TPSA) is 59.4 Å². The van der Waals surface area contributed by atoms with Gasteiger partial charge < -0.3 is 15.3 Å². The number of anilines is 1. The van der Waals surface area contributed by atoms with Crippen LogP contribution in [-0.4, -0.2) is 5.11 Å². The summed E-state index contributed by atoms with van der Waals surface area (Å²) in [6.07, 6.45) is 0. The minimum atomic E-state index is 0.0457. The van der Waals surface area contributed by atoms with Crippen LogP contribution in [0.3, 0.4) is 0 Å². The second-order valence-corrected chi connectivity index (χ2v) is 3.25. The molecule has 0 radical (unpaired) electrons. The number of benzene rings is 1. The van der Waals surface area contributed by atoms with E-state index in [2.05, 4.69) is 15.9 Å². The summed E-state index contributed by atoms with van der Waals surface area (Å²) >= 11 is 3.18. The molecule has 1 aromatic heterocycles. The van der Waals surface area contributed by atoms with E-state index in [4.69, 9.17) is 10.2 Å². The number of aromatic hydroxyl groups is 1. The Morgan fingerprint density at radius 1 is 1.42 bits per heavy atom. The number of phenols is 1. The first-order valence-electron chi connectivity index (χ1n) is 3.35. The molecule has 2 aromatic rings. The standard InChI is InChI=1S/C8H6BrNO2/c9-6-3-4-1-2-5(11)7(10)8(4)12-6/h1-3,11H,10H2. The molecule has 3 N–H and O–H groups in total. The molecular weight excluding hydrogens is 222 g/mol. The molecule has 0 fully saturated rings. The molecular formula is C8H6BrNO2. The summed E-state index contributed by atoms with van der Waals surface area (Å²) in [5.74, 6) is 0.0457. The predicted octanol–water partition coefficient (Wildman–Crippen LogP) is 2.48. The minimum absolute atomic E-state index is 0.0457. The monoisotopic (exact) mass is 227 g/mol. The lowest BCUT2D eigenvalue weighted by molar-refractivity contribution is 0.477. The molecule has 0 bridgehead atoms. The van der Waals surface area contributed by atoms with Crippen molar-refractivity contribution in [2.45, 2.75) is 0 Å². The molecule has 0 aliphatic rings. The summed E-state index contributed by atoms with van der Waals surface area (Å²) < 4.78 is 5.82. The first-order valence-corrected chi connectivity index (χ1v) is 4.14. The van der Waals surface area contributed by atoms with Gasteiger partial charge in [0.1, 0.15) is 11.4 Å². The van der Waals surface area contributed by atoms with Gasteiger partial charge in [-0.25, -0.2) is 0 Å². The smallest absolute Gasteiger partial charge is 0.170 e. The van der Waals surface area contributed by atoms with Gasteiger partial charge in [-0.2, -0.15) is 0 Å². The van der Waals surface area contributed by atoms with Gasteiger partial charge >= 0.3 is 0 Å². The van der Waals surface area contributed by atoms with Crippen molar-refractivity contribution in [3.05, 3.63) is 22.9 Å². The third-order valence-electron chi connectivity index (χ3n) is 1.67. The largest absolute Gasteiger partial charge is 0.506 e. The van der Waals surface area contributed by atoms with E-state index in [1.165, 1.54) is 0 Å². The van der Waals surface area contributed by atoms with Gasteiger partial charge in [0.15, 0.2) is 10.3 Å². The van der Waals surface area contributed by atoms with Crippen molar-refractivity contribution in [3.8, 4) is 5.75 Å². The number of hydrogen-bond acceptors (Lipinski definition) is 3. The maximum atomic E-state index is 9.23. The highest BCUT2D eigenvalue weighted by Gasteiger charge is 2.07. The Morgan fingerprint density at radius 3 is 2.92 bits per heavy atom. The predicted molar refractivity (Wildman–Crippen MR) is 50.0 cm³/mol. The van der Waals surface area contributed by atoms with Crippen molar-refractivity contribution >= 4 is 32.6 Å². The van der Waals surface area contributed by atoms with Gasteiger partial charge in [0.05, 0.1) is 0 Å². The van der Waals surface area contributed by atoms with Gasteiger partial charge in [-0.15, -0.1) is 0 Å². The van der Waals surface area contributed by atoms with Crippen LogP contribution in [0.4, 0.5) is 5.69 Å². The van der Waals surface area contributed by atoms with Gasteiger partial charge in [0.25, 0.3) is 0 Å². The fourth-order valence-corrected chi connectivity index (χ4v) is 1.49. The summed E-state index contributed by atoms with van der Waals surface area (Å²) in [6.45, 7) is 0. The van der Waals surface area contributed by atoms with E-state index < -0.39 is 0 Å². The summed E-state index contributed by atoms with van der Waals surface area (Å²) in [4.78, 5) is 0. The molecule has 0 aliphatic carbocycles. The Kier molecular flexibility index (Phi) is 1.51. The number of hydrogen-bond donors (Lipinski definition) is 2. The molecule has 0 aliphatic heterocycles. The van der Waals surface area contributed by atoms with Gasteiger partial charge in [0.2, 0.25) is 0 Å². The Labute approximate surface area is 76.9 Å². The molecule has 0 saturated heterocycles. The number of fused-ring (bicyclic) bond motifs is 1. The lowest BCUT2D eigenvalue weighted by Crippen LogP contribution is -1.84. The number of phenolic OH excluding ortho intramolecular Hbond substituents is 1. The van der Waals surface area contributed by atoms with Crippen molar-refractivity contribution in [1.82, 2.24) is 0 Å². The van der Waals surface area contributed by atoms with Crippen LogP contribution in [0.15, 0.2) is 27.3 Å². The maximum Gasteiger partial charge on any atom is 0.170 e. The lowest BCUT2D eigenvalue weighted by atomic mass is 10.2. The van der Waals surface area contributed by atoms with Gasteiger partial charge in [0, 0.05) is 5.39 Å². The van der Waals surface area contributed by atoms with Crippen LogP contribution in [0.25, 0.3) is 11.0 Å². The number of rotatable bonds is 0. The van der Waals surface area contributed by atoms with Crippen molar-refractivity contribution in [2.75, 3.05) is 5.73 Å². The first kappa shape index (κ1) is 7.49. The first-order chi connectivity index (χ1) is 5.68. The van der Waals surface area contributed by atoms with Crippen molar-refractivity contribution in [3.63, 3.8) is 0 Å². The summed E-state index contributed by atoms with van der Waals surface area (Å²) in [5, 5.41) is 10.1. The Bertz CT molecular complexity index is 436. The van der Waals surface area contributed by atoms with E-state index in [0.29, 0.717) is 10.3 Å². The number of nitrogen functional groups attached to an aromatic ring is 1. The second kappa shape index (κ2) is 2.42. The quantitative estimate of drug-likeness (QED) is 0.537. The Morgan fingerprint density at radius 2 is 2.17 bits per heavy atom. The van der Waals surface area contributed by atoms with Crippen LogP contribution in [0.2, 0.25) is 0 Å². The molecule has 1 aromatic carbocycles. The van der Waals surface area contributed by atoms with E-state index in [0.717, 1.165) is 5.39 Å². The minimum Gasteiger partial charge on any atom is -0.506 e. The van der Waals surface area contributed by atoms with E-state index in [9.17, 15) is 5.11 Å². The number of halogens is 1. The third kappa shape index (κ3) is 0.956. The van der Waals surface area contributed by atoms with Gasteiger partial charge in [-0.1, -0.05) is 0 Å². The van der Waals surface area contributed by atoms with Crippen molar-refractivity contribution < 1.29 is 9.52 Å². The van der Waals surface area contributed by atoms with Gasteiger partial charge in [-0.05, 0) is 34.1 Å². The van der Waals surface area contributed by atoms with Crippen LogP contribution in [-0.2, 0) is 0 Å². The van der Waals surface area contributed by atoms with E-state index >= 15 is 0 Å². The molecule has 3 nitrogen and oxygen atoms in total. The third-order valence-corrected chi connectivity index (χ3v) is 2.06. The van der Waals surface area contributed by atoms with Gasteiger partial charge in [-0.3, -0.25) is 0 Å². The summed E-state index contributed by atoms with van der Waals surface area (Å²) in [7, 11) is 0. The highest BCUT2D eigenvalue weighted by atomic mass is 79.9. The molecule has 62 valence electrons. The number of nitrogens with two attached hydrogens (primary N) is 1. The van der Waals surface area contributed by atoms with Crippen LogP contribution in [0, 0.1) is 0 Å². The fourth-order valence-electron chi connectivity index (χ4n) is 1.08. The van der Waals surface area contributed by atoms with E-state index in [1.54, 1.807) is 18.2 Å². The molecule has 0 amide bonds. The van der Waals surface area contributed by atoms with E-state index in [-0.39, 0.29) is 11.4 Å². The molecule has 0 atom stereocenters. The van der Waals surface area contributed by atoms with Crippen molar-refractivity contribution in [2.24, 2.45) is 0 Å². The maximum absolute atomic E-state index is 9.23. The Balaban J connectivity index is 2.89. The molecule has 0 saturated carbocycles. The average Bonchev–Trinajstić information content (AvgIpc) is 2.39. The van der Waals surface area contributed by atoms with Crippen LogP contribution in [0.1, 0.15) is 0 Å². The zero-order chi connectivity index (χ0) is 8.72. The molecule has 0 unspecified atom stereocenters. The highest BCUT2D eigenvalue weighted by molar-refractivity contribution is 9.10. The van der Waals surface area contributed by atoms with Crippen molar-refractivity contribution in [1.29, 1.82) is 0 Å². The average molecular weight is 228 g/mol.